The van der Waals surface area contributed by atoms with Gasteiger partial charge in [0.05, 0.1) is 5.56 Å². The van der Waals surface area contributed by atoms with Gasteiger partial charge in [-0.3, -0.25) is 9.59 Å². The molecule has 0 unspecified atom stereocenters. The third-order valence-corrected chi connectivity index (χ3v) is 5.20. The summed E-state index contributed by atoms with van der Waals surface area (Å²) >= 11 is 0. The first kappa shape index (κ1) is 23.6. The van der Waals surface area contributed by atoms with Crippen molar-refractivity contribution in [2.45, 2.75) is 13.5 Å². The van der Waals surface area contributed by atoms with Crippen molar-refractivity contribution in [2.24, 2.45) is 7.05 Å². The Balaban J connectivity index is 1.45. The number of ether oxygens (including phenoxy) is 1. The molecule has 0 bridgehead atoms. The molecule has 0 saturated carbocycles. The third-order valence-electron chi connectivity index (χ3n) is 5.20. The first-order valence-corrected chi connectivity index (χ1v) is 10.7. The Bertz CT molecular complexity index is 1380. The van der Waals surface area contributed by atoms with Crippen LogP contribution in [0.1, 0.15) is 31.8 Å². The smallest absolute Gasteiger partial charge is 0.258 e. The summed E-state index contributed by atoms with van der Waals surface area (Å²) in [5, 5.41) is 5.38. The number of benzene rings is 2. The van der Waals surface area contributed by atoms with Gasteiger partial charge in [-0.2, -0.15) is 0 Å². The zero-order valence-electron chi connectivity index (χ0n) is 19.0. The van der Waals surface area contributed by atoms with E-state index < -0.39 is 17.5 Å². The van der Waals surface area contributed by atoms with E-state index >= 15 is 0 Å². The molecule has 4 rings (SSSR count). The van der Waals surface area contributed by atoms with Gasteiger partial charge < -0.3 is 19.9 Å². The van der Waals surface area contributed by atoms with Crippen LogP contribution < -0.4 is 15.4 Å². The summed E-state index contributed by atoms with van der Waals surface area (Å²) in [6.07, 6.45) is 4.96. The van der Waals surface area contributed by atoms with Gasteiger partial charge >= 0.3 is 0 Å². The number of halogens is 2. The molecule has 4 aromatic rings. The van der Waals surface area contributed by atoms with Crippen molar-refractivity contribution in [3.8, 4) is 11.5 Å². The van der Waals surface area contributed by atoms with E-state index in [-0.39, 0.29) is 12.5 Å². The Morgan fingerprint density at radius 1 is 1.03 bits per heavy atom. The first-order chi connectivity index (χ1) is 16.8. The molecule has 2 aromatic carbocycles. The van der Waals surface area contributed by atoms with Crippen LogP contribution >= 0.6 is 0 Å². The predicted octanol–water partition coefficient (Wildman–Crippen LogP) is 4.98. The Morgan fingerprint density at radius 2 is 1.80 bits per heavy atom. The molecule has 0 aliphatic carbocycles. The van der Waals surface area contributed by atoms with Gasteiger partial charge in [-0.25, -0.2) is 13.8 Å². The van der Waals surface area contributed by atoms with Gasteiger partial charge in [0.15, 0.2) is 0 Å². The van der Waals surface area contributed by atoms with Crippen LogP contribution in [-0.2, 0) is 13.6 Å². The maximum absolute atomic E-state index is 13.4. The van der Waals surface area contributed by atoms with Gasteiger partial charge in [0.1, 0.15) is 29.0 Å². The summed E-state index contributed by atoms with van der Waals surface area (Å²) in [6.45, 7) is 1.69. The number of hydrogen-bond acceptors (Lipinski definition) is 4. The largest absolute Gasteiger partial charge is 0.457 e. The normalized spacial score (nSPS) is 10.6. The zero-order chi connectivity index (χ0) is 24.9. The number of rotatable bonds is 7. The summed E-state index contributed by atoms with van der Waals surface area (Å²) in [4.78, 5) is 29.2. The molecule has 0 aliphatic heterocycles. The Hall–Kier alpha value is -4.53. The second-order valence-electron chi connectivity index (χ2n) is 7.89. The van der Waals surface area contributed by atoms with Gasteiger partial charge in [0.25, 0.3) is 11.8 Å². The molecule has 2 heterocycles. The van der Waals surface area contributed by atoms with E-state index in [4.69, 9.17) is 4.74 Å². The fraction of sp³-hybridized carbons (Fsp3) is 0.115. The minimum Gasteiger partial charge on any atom is -0.457 e. The molecule has 178 valence electrons. The molecule has 9 heteroatoms. The van der Waals surface area contributed by atoms with Crippen LogP contribution in [0.4, 0.5) is 14.6 Å². The van der Waals surface area contributed by atoms with Gasteiger partial charge in [-0.15, -0.1) is 0 Å². The molecule has 0 aliphatic rings. The van der Waals surface area contributed by atoms with Crippen LogP contribution in [0.25, 0.3) is 0 Å². The highest BCUT2D eigenvalue weighted by atomic mass is 19.1. The van der Waals surface area contributed by atoms with Gasteiger partial charge in [0, 0.05) is 55.4 Å². The average Bonchev–Trinajstić information content (AvgIpc) is 3.25. The molecule has 0 saturated heterocycles. The summed E-state index contributed by atoms with van der Waals surface area (Å²) in [6, 6.07) is 13.0. The van der Waals surface area contributed by atoms with Crippen molar-refractivity contribution in [2.75, 3.05) is 5.32 Å². The summed E-state index contributed by atoms with van der Waals surface area (Å²) in [5.41, 5.74) is 1.73. The molecule has 0 fully saturated rings. The van der Waals surface area contributed by atoms with Crippen LogP contribution in [-0.4, -0.2) is 21.4 Å². The Kier molecular flexibility index (Phi) is 6.86. The lowest BCUT2D eigenvalue weighted by Crippen LogP contribution is -2.23. The highest BCUT2D eigenvalue weighted by molar-refractivity contribution is 6.03. The van der Waals surface area contributed by atoms with Crippen molar-refractivity contribution >= 4 is 17.6 Å². The summed E-state index contributed by atoms with van der Waals surface area (Å²) < 4.78 is 34.5. The van der Waals surface area contributed by atoms with Crippen LogP contribution in [0.3, 0.4) is 0 Å². The predicted molar refractivity (Wildman–Crippen MR) is 126 cm³/mol. The van der Waals surface area contributed by atoms with Gasteiger partial charge in [0.2, 0.25) is 0 Å². The lowest BCUT2D eigenvalue weighted by molar-refractivity contribution is 0.0949. The molecule has 0 radical (unpaired) electrons. The number of nitrogens with one attached hydrogen (secondary N) is 2. The van der Waals surface area contributed by atoms with Gasteiger partial charge in [-0.1, -0.05) is 6.07 Å². The molecule has 2 N–H and O–H groups in total. The highest BCUT2D eigenvalue weighted by Gasteiger charge is 2.14. The number of carbonyl (C=O) groups is 2. The second-order valence-corrected chi connectivity index (χ2v) is 7.89. The number of nitrogens with zero attached hydrogens (tertiary/aromatic N) is 2. The first-order valence-electron chi connectivity index (χ1n) is 10.7. The highest BCUT2D eigenvalue weighted by Crippen LogP contribution is 2.28. The second kappa shape index (κ2) is 10.2. The van der Waals surface area contributed by atoms with Crippen LogP contribution in [0.15, 0.2) is 73.2 Å². The molecule has 7 nitrogen and oxygen atoms in total. The summed E-state index contributed by atoms with van der Waals surface area (Å²) in [5.74, 6) is -0.980. The lowest BCUT2D eigenvalue weighted by Gasteiger charge is -2.13. The molecule has 2 aromatic heterocycles. The Labute approximate surface area is 200 Å². The van der Waals surface area contributed by atoms with E-state index in [0.29, 0.717) is 39.6 Å². The SMILES string of the molecule is Cc1c(Oc2ccnc(NC(=O)c3ccn(C)c3)c2)cccc1C(=O)NCc1cc(F)cc(F)c1. The van der Waals surface area contributed by atoms with Crippen LogP contribution in [0.5, 0.6) is 11.5 Å². The zero-order valence-corrected chi connectivity index (χ0v) is 19.0. The minimum absolute atomic E-state index is 0.0349. The number of pyridine rings is 1. The van der Waals surface area contributed by atoms with Crippen molar-refractivity contribution in [3.05, 3.63) is 107 Å². The molecule has 0 spiro atoms. The Morgan fingerprint density at radius 3 is 2.51 bits per heavy atom. The summed E-state index contributed by atoms with van der Waals surface area (Å²) in [7, 11) is 1.82. The van der Waals surface area contributed by atoms with Crippen molar-refractivity contribution in [1.29, 1.82) is 0 Å². The van der Waals surface area contributed by atoms with E-state index in [2.05, 4.69) is 15.6 Å². The van der Waals surface area contributed by atoms with Gasteiger partial charge in [-0.05, 0) is 48.9 Å². The van der Waals surface area contributed by atoms with Crippen LogP contribution in [0.2, 0.25) is 0 Å². The number of aromatic nitrogens is 2. The van der Waals surface area contributed by atoms with E-state index in [1.54, 1.807) is 60.3 Å². The lowest BCUT2D eigenvalue weighted by atomic mass is 10.1. The standard InChI is InChI=1S/C26H22F2N4O3/c1-16-22(26(34)30-14-17-10-19(27)12-20(28)11-17)4-3-5-23(16)35-21-6-8-29-24(13-21)31-25(33)18-7-9-32(2)15-18/h3-13,15H,14H2,1-2H3,(H,30,34)(H,29,31,33). The van der Waals surface area contributed by atoms with E-state index in [1.165, 1.54) is 6.20 Å². The number of aryl methyl sites for hydroxylation is 1. The molecule has 35 heavy (non-hydrogen) atoms. The van der Waals surface area contributed by atoms with Crippen molar-refractivity contribution in [1.82, 2.24) is 14.9 Å². The number of carbonyl (C=O) groups excluding carboxylic acids is 2. The maximum Gasteiger partial charge on any atom is 0.258 e. The monoisotopic (exact) mass is 476 g/mol. The van der Waals surface area contributed by atoms with E-state index in [1.807, 2.05) is 7.05 Å². The molecule has 0 atom stereocenters. The minimum atomic E-state index is -0.711. The van der Waals surface area contributed by atoms with Crippen LogP contribution in [0, 0.1) is 18.6 Å². The van der Waals surface area contributed by atoms with Crippen molar-refractivity contribution < 1.29 is 23.1 Å². The third kappa shape index (κ3) is 5.89. The molecular formula is C26H22F2N4O3. The fourth-order valence-electron chi connectivity index (χ4n) is 3.46. The molecule has 2 amide bonds. The topological polar surface area (TPSA) is 85.2 Å². The van der Waals surface area contributed by atoms with Crippen molar-refractivity contribution in [3.63, 3.8) is 0 Å². The number of hydrogen-bond donors (Lipinski definition) is 2. The average molecular weight is 476 g/mol. The maximum atomic E-state index is 13.4. The van der Waals surface area contributed by atoms with E-state index in [0.717, 1.165) is 18.2 Å². The fourth-order valence-corrected chi connectivity index (χ4v) is 3.46. The van der Waals surface area contributed by atoms with E-state index in [9.17, 15) is 18.4 Å². The number of amides is 2. The molecular weight excluding hydrogens is 454 g/mol. The quantitative estimate of drug-likeness (QED) is 0.394. The number of anilines is 1.